The molecule has 1 amide bonds. The van der Waals surface area contributed by atoms with E-state index < -0.39 is 17.8 Å². The zero-order valence-electron chi connectivity index (χ0n) is 17.1. The number of nitrogens with zero attached hydrogens (tertiary/aromatic N) is 3. The molecule has 4 heterocycles. The molecule has 8 nitrogen and oxygen atoms in total. The van der Waals surface area contributed by atoms with Gasteiger partial charge in [-0.25, -0.2) is 9.37 Å². The van der Waals surface area contributed by atoms with Crippen LogP contribution in [0.15, 0.2) is 11.3 Å². The number of likely N-dealkylation sites (tertiary alicyclic amines) is 1. The van der Waals surface area contributed by atoms with Crippen molar-refractivity contribution in [3.05, 3.63) is 22.7 Å². The van der Waals surface area contributed by atoms with Crippen molar-refractivity contribution < 1.29 is 14.3 Å². The number of carbonyl (C=O) groups excluding carboxylic acids is 1. The molecule has 9 heteroatoms. The number of allylic oxidation sites excluding steroid dienone is 1. The first kappa shape index (κ1) is 19.9. The second kappa shape index (κ2) is 6.84. The summed E-state index contributed by atoms with van der Waals surface area (Å²) in [5.74, 6) is -0.943. The van der Waals surface area contributed by atoms with Gasteiger partial charge in [-0.3, -0.25) is 4.79 Å². The molecular weight excluding hydrogens is 375 g/mol. The van der Waals surface area contributed by atoms with E-state index in [1.54, 1.807) is 0 Å². The van der Waals surface area contributed by atoms with E-state index in [2.05, 4.69) is 22.2 Å². The number of primary amides is 1. The van der Waals surface area contributed by atoms with E-state index in [4.69, 9.17) is 11.5 Å². The van der Waals surface area contributed by atoms with Crippen LogP contribution in [0.3, 0.4) is 0 Å². The Labute approximate surface area is 169 Å². The van der Waals surface area contributed by atoms with Gasteiger partial charge in [0.05, 0.1) is 16.8 Å². The number of rotatable bonds is 3. The second-order valence-electron chi connectivity index (χ2n) is 8.92. The van der Waals surface area contributed by atoms with Gasteiger partial charge < -0.3 is 31.7 Å². The van der Waals surface area contributed by atoms with Crippen LogP contribution < -0.4 is 21.7 Å². The molecule has 3 aliphatic rings. The van der Waals surface area contributed by atoms with Crippen LogP contribution in [0.1, 0.15) is 51.2 Å². The number of aliphatic hydroxyl groups excluding tert-OH is 1. The Kier molecular flexibility index (Phi) is 4.70. The van der Waals surface area contributed by atoms with Crippen LogP contribution in [0, 0.1) is 5.82 Å². The molecule has 0 spiro atoms. The lowest BCUT2D eigenvalue weighted by Gasteiger charge is -2.40. The standard InChI is InChI=1S/C20H29FN6O2/c1-20(2)7-4-11-12(17(23)29)16(28)13-15(22)14(21)18(25-19(13)27(11)20)24-10-5-8-26(3)9-6-10/h10,16,28H,4-9H2,1-3H3,(H2,23,29)(H3,22,24,25). The van der Waals surface area contributed by atoms with Gasteiger partial charge in [0, 0.05) is 17.3 Å². The van der Waals surface area contributed by atoms with Crippen molar-refractivity contribution in [3.63, 3.8) is 0 Å². The Balaban J connectivity index is 1.81. The summed E-state index contributed by atoms with van der Waals surface area (Å²) in [4.78, 5) is 20.8. The van der Waals surface area contributed by atoms with Crippen LogP contribution in [-0.2, 0) is 4.79 Å². The number of nitrogen functional groups attached to an aromatic ring is 1. The third-order valence-corrected chi connectivity index (χ3v) is 6.44. The predicted molar refractivity (Wildman–Crippen MR) is 110 cm³/mol. The maximum atomic E-state index is 15.1. The van der Waals surface area contributed by atoms with Crippen LogP contribution in [-0.4, -0.2) is 52.6 Å². The summed E-state index contributed by atoms with van der Waals surface area (Å²) >= 11 is 0. The first-order valence-electron chi connectivity index (χ1n) is 10.1. The lowest BCUT2D eigenvalue weighted by Crippen LogP contribution is -2.43. The molecule has 1 aromatic rings. The Bertz CT molecular complexity index is 891. The first-order valence-corrected chi connectivity index (χ1v) is 10.1. The number of fused-ring (bicyclic) bond motifs is 3. The van der Waals surface area contributed by atoms with Gasteiger partial charge in [0.1, 0.15) is 11.9 Å². The van der Waals surface area contributed by atoms with Gasteiger partial charge in [0.2, 0.25) is 5.91 Å². The molecule has 1 aromatic heterocycles. The summed E-state index contributed by atoms with van der Waals surface area (Å²) in [7, 11) is 2.06. The minimum absolute atomic E-state index is 0.0759. The predicted octanol–water partition coefficient (Wildman–Crippen LogP) is 1.47. The van der Waals surface area contributed by atoms with Crippen LogP contribution in [0.25, 0.3) is 0 Å². The molecule has 0 saturated carbocycles. The minimum atomic E-state index is -1.39. The van der Waals surface area contributed by atoms with E-state index in [1.807, 2.05) is 18.7 Å². The van der Waals surface area contributed by atoms with Crippen LogP contribution in [0.5, 0.6) is 0 Å². The summed E-state index contributed by atoms with van der Waals surface area (Å²) in [6, 6.07) is 0.0990. The lowest BCUT2D eigenvalue weighted by molar-refractivity contribution is -0.115. The topological polar surface area (TPSA) is 121 Å². The Morgan fingerprint density at radius 3 is 2.62 bits per heavy atom. The number of anilines is 3. The zero-order valence-corrected chi connectivity index (χ0v) is 17.1. The number of halogens is 1. The van der Waals surface area contributed by atoms with Gasteiger partial charge in [0.15, 0.2) is 11.6 Å². The van der Waals surface area contributed by atoms with Gasteiger partial charge in [-0.1, -0.05) is 0 Å². The summed E-state index contributed by atoms with van der Waals surface area (Å²) < 4.78 is 15.1. The molecule has 0 bridgehead atoms. The van der Waals surface area contributed by atoms with Crippen LogP contribution in [0.4, 0.5) is 21.7 Å². The summed E-state index contributed by atoms with van der Waals surface area (Å²) in [6.07, 6.45) is 1.70. The second-order valence-corrected chi connectivity index (χ2v) is 8.92. The zero-order chi connectivity index (χ0) is 21.1. The molecule has 0 aromatic carbocycles. The summed E-state index contributed by atoms with van der Waals surface area (Å²) in [5, 5.41) is 14.1. The van der Waals surface area contributed by atoms with Gasteiger partial charge in [-0.15, -0.1) is 0 Å². The third-order valence-electron chi connectivity index (χ3n) is 6.44. The number of aliphatic hydroxyl groups is 1. The number of aromatic nitrogens is 1. The molecule has 0 aliphatic carbocycles. The molecule has 1 unspecified atom stereocenters. The Morgan fingerprint density at radius 1 is 1.34 bits per heavy atom. The number of hydrogen-bond acceptors (Lipinski definition) is 7. The number of hydrogen-bond donors (Lipinski definition) is 4. The van der Waals surface area contributed by atoms with Crippen molar-refractivity contribution in [1.29, 1.82) is 0 Å². The van der Waals surface area contributed by atoms with Crippen molar-refractivity contribution in [2.45, 2.75) is 57.2 Å². The average Bonchev–Trinajstić information content (AvgIpc) is 2.96. The molecule has 1 atom stereocenters. The van der Waals surface area contributed by atoms with Crippen molar-refractivity contribution in [2.24, 2.45) is 5.73 Å². The highest BCUT2D eigenvalue weighted by Crippen LogP contribution is 2.51. The fourth-order valence-corrected chi connectivity index (χ4v) is 4.73. The highest BCUT2D eigenvalue weighted by Gasteiger charge is 2.47. The summed E-state index contributed by atoms with van der Waals surface area (Å²) in [6.45, 7) is 5.88. The Hall–Kier alpha value is -2.39. The van der Waals surface area contributed by atoms with Gasteiger partial charge in [-0.05, 0) is 59.7 Å². The van der Waals surface area contributed by atoms with Crippen molar-refractivity contribution in [1.82, 2.24) is 9.88 Å². The lowest BCUT2D eigenvalue weighted by atomic mass is 9.92. The molecule has 0 radical (unpaired) electrons. The number of amides is 1. The fourth-order valence-electron chi connectivity index (χ4n) is 4.73. The van der Waals surface area contributed by atoms with Gasteiger partial charge in [-0.2, -0.15) is 0 Å². The van der Waals surface area contributed by atoms with E-state index in [1.165, 1.54) is 0 Å². The highest BCUT2D eigenvalue weighted by atomic mass is 19.1. The smallest absolute Gasteiger partial charge is 0.249 e. The fraction of sp³-hybridized carbons (Fsp3) is 0.600. The van der Waals surface area contributed by atoms with Crippen LogP contribution >= 0.6 is 0 Å². The monoisotopic (exact) mass is 404 g/mol. The molecule has 158 valence electrons. The minimum Gasteiger partial charge on any atom is -0.396 e. The molecule has 29 heavy (non-hydrogen) atoms. The number of nitrogens with two attached hydrogens (primary N) is 2. The molecule has 4 rings (SSSR count). The van der Waals surface area contributed by atoms with Crippen molar-refractivity contribution in [2.75, 3.05) is 36.1 Å². The van der Waals surface area contributed by atoms with Gasteiger partial charge in [0.25, 0.3) is 0 Å². The number of piperidine rings is 1. The molecular formula is C20H29FN6O2. The molecule has 2 saturated heterocycles. The van der Waals surface area contributed by atoms with Gasteiger partial charge >= 0.3 is 0 Å². The summed E-state index contributed by atoms with van der Waals surface area (Å²) in [5.41, 5.74) is 12.0. The maximum absolute atomic E-state index is 15.1. The van der Waals surface area contributed by atoms with Crippen molar-refractivity contribution in [3.8, 4) is 0 Å². The Morgan fingerprint density at radius 2 is 2.00 bits per heavy atom. The average molecular weight is 404 g/mol. The number of nitrogens with one attached hydrogen (secondary N) is 1. The van der Waals surface area contributed by atoms with Crippen molar-refractivity contribution >= 4 is 23.2 Å². The highest BCUT2D eigenvalue weighted by molar-refractivity contribution is 5.97. The largest absolute Gasteiger partial charge is 0.396 e. The van der Waals surface area contributed by atoms with E-state index in [-0.39, 0.29) is 34.2 Å². The first-order chi connectivity index (χ1) is 13.6. The molecule has 2 fully saturated rings. The quantitative estimate of drug-likeness (QED) is 0.602. The van der Waals surface area contributed by atoms with E-state index in [0.29, 0.717) is 17.9 Å². The van der Waals surface area contributed by atoms with Crippen LogP contribution in [0.2, 0.25) is 0 Å². The number of carbonyl (C=O) groups is 1. The molecule has 6 N–H and O–H groups in total. The third kappa shape index (κ3) is 3.12. The SMILES string of the molecule is CN1CCC(Nc2nc3c(c(N)c2F)C(O)C(C(N)=O)=C2CCC(C)(C)N23)CC1. The van der Waals surface area contributed by atoms with E-state index >= 15 is 4.39 Å². The number of pyridine rings is 1. The van der Waals surface area contributed by atoms with E-state index in [0.717, 1.165) is 32.4 Å². The normalized spacial score (nSPS) is 24.4. The molecule has 3 aliphatic heterocycles. The maximum Gasteiger partial charge on any atom is 0.249 e. The van der Waals surface area contributed by atoms with E-state index in [9.17, 15) is 9.90 Å².